The van der Waals surface area contributed by atoms with Gasteiger partial charge in [0.25, 0.3) is 0 Å². The summed E-state index contributed by atoms with van der Waals surface area (Å²) in [4.78, 5) is 13.1. The van der Waals surface area contributed by atoms with Gasteiger partial charge in [-0.3, -0.25) is 0 Å². The van der Waals surface area contributed by atoms with E-state index in [1.165, 1.54) is 31.8 Å². The Balaban J connectivity index is 2.08. The van der Waals surface area contributed by atoms with Crippen molar-refractivity contribution < 1.29 is 9.90 Å². The summed E-state index contributed by atoms with van der Waals surface area (Å²) in [5, 5.41) is 8.77. The van der Waals surface area contributed by atoms with Gasteiger partial charge in [0.05, 0.1) is 0 Å². The number of carboxylic acids is 1. The van der Waals surface area contributed by atoms with Gasteiger partial charge in [-0.15, -0.1) is 0 Å². The van der Waals surface area contributed by atoms with Gasteiger partial charge in [-0.2, -0.15) is 0 Å². The molecular formula is C17H23NO2. The third-order valence-electron chi connectivity index (χ3n) is 3.99. The van der Waals surface area contributed by atoms with Crippen molar-refractivity contribution in [3.63, 3.8) is 0 Å². The van der Waals surface area contributed by atoms with Crippen LogP contribution in [0.15, 0.2) is 30.3 Å². The topological polar surface area (TPSA) is 40.5 Å². The molecule has 0 atom stereocenters. The van der Waals surface area contributed by atoms with Crippen molar-refractivity contribution in [3.8, 4) is 0 Å². The van der Waals surface area contributed by atoms with Gasteiger partial charge < -0.3 is 10.0 Å². The average molecular weight is 273 g/mol. The highest BCUT2D eigenvalue weighted by atomic mass is 16.4. The van der Waals surface area contributed by atoms with Crippen molar-refractivity contribution in [1.82, 2.24) is 0 Å². The number of hydrogen-bond donors (Lipinski definition) is 1. The monoisotopic (exact) mass is 273 g/mol. The first-order valence-electron chi connectivity index (χ1n) is 7.45. The van der Waals surface area contributed by atoms with Crippen LogP contribution in [-0.2, 0) is 4.79 Å². The molecule has 0 aliphatic carbocycles. The molecule has 3 heteroatoms. The van der Waals surface area contributed by atoms with Gasteiger partial charge in [-0.1, -0.05) is 38.0 Å². The van der Waals surface area contributed by atoms with Crippen LogP contribution in [0.2, 0.25) is 0 Å². The molecule has 0 amide bonds. The maximum absolute atomic E-state index is 10.7. The Morgan fingerprint density at radius 3 is 2.70 bits per heavy atom. The van der Waals surface area contributed by atoms with E-state index in [0.717, 1.165) is 30.3 Å². The lowest BCUT2D eigenvalue weighted by Crippen LogP contribution is -2.34. The molecule has 1 aromatic carbocycles. The van der Waals surface area contributed by atoms with Crippen molar-refractivity contribution in [2.24, 2.45) is 5.92 Å². The van der Waals surface area contributed by atoms with Crippen LogP contribution >= 0.6 is 0 Å². The Morgan fingerprint density at radius 1 is 1.35 bits per heavy atom. The lowest BCUT2D eigenvalue weighted by Gasteiger charge is -2.34. The predicted molar refractivity (Wildman–Crippen MR) is 83.0 cm³/mol. The minimum atomic E-state index is -0.901. The SMILES string of the molecule is CCCC1CCN(c2ccccc2C=CC(=O)O)CC1. The smallest absolute Gasteiger partial charge is 0.328 e. The van der Waals surface area contributed by atoms with E-state index >= 15 is 0 Å². The van der Waals surface area contributed by atoms with Crippen molar-refractivity contribution in [2.45, 2.75) is 32.6 Å². The molecule has 0 radical (unpaired) electrons. The predicted octanol–water partition coefficient (Wildman–Crippen LogP) is 3.80. The summed E-state index contributed by atoms with van der Waals surface area (Å²) in [6.45, 7) is 4.39. The van der Waals surface area contributed by atoms with E-state index < -0.39 is 5.97 Å². The van der Waals surface area contributed by atoms with Gasteiger partial charge in [0, 0.05) is 24.9 Å². The second kappa shape index (κ2) is 7.13. The number of aliphatic carboxylic acids is 1. The molecule has 1 aromatic rings. The molecule has 1 aliphatic rings. The zero-order valence-corrected chi connectivity index (χ0v) is 12.1. The summed E-state index contributed by atoms with van der Waals surface area (Å²) >= 11 is 0. The molecule has 2 rings (SSSR count). The third kappa shape index (κ3) is 3.86. The van der Waals surface area contributed by atoms with Crippen LogP contribution in [0.5, 0.6) is 0 Å². The number of benzene rings is 1. The molecule has 1 saturated heterocycles. The minimum Gasteiger partial charge on any atom is -0.478 e. The van der Waals surface area contributed by atoms with Gasteiger partial charge in [0.1, 0.15) is 0 Å². The molecule has 0 aromatic heterocycles. The summed E-state index contributed by atoms with van der Waals surface area (Å²) < 4.78 is 0. The van der Waals surface area contributed by atoms with Crippen molar-refractivity contribution in [1.29, 1.82) is 0 Å². The second-order valence-electron chi connectivity index (χ2n) is 5.45. The minimum absolute atomic E-state index is 0.859. The number of piperidine rings is 1. The van der Waals surface area contributed by atoms with E-state index in [1.54, 1.807) is 6.08 Å². The summed E-state index contributed by atoms with van der Waals surface area (Å²) in [6, 6.07) is 8.04. The fourth-order valence-corrected chi connectivity index (χ4v) is 2.95. The molecule has 1 aliphatic heterocycles. The van der Waals surface area contributed by atoms with Gasteiger partial charge in [0.2, 0.25) is 0 Å². The van der Waals surface area contributed by atoms with E-state index in [9.17, 15) is 4.79 Å². The molecule has 20 heavy (non-hydrogen) atoms. The summed E-state index contributed by atoms with van der Waals surface area (Å²) in [5.41, 5.74) is 2.14. The molecule has 1 fully saturated rings. The van der Waals surface area contributed by atoms with Crippen LogP contribution in [0.4, 0.5) is 5.69 Å². The maximum Gasteiger partial charge on any atom is 0.328 e. The number of rotatable bonds is 5. The summed E-state index contributed by atoms with van der Waals surface area (Å²) in [7, 11) is 0. The molecule has 108 valence electrons. The molecule has 0 unspecified atom stereocenters. The van der Waals surface area contributed by atoms with Crippen LogP contribution in [0, 0.1) is 5.92 Å². The fourth-order valence-electron chi connectivity index (χ4n) is 2.95. The number of nitrogens with zero attached hydrogens (tertiary/aromatic N) is 1. The highest BCUT2D eigenvalue weighted by Gasteiger charge is 2.19. The third-order valence-corrected chi connectivity index (χ3v) is 3.99. The van der Waals surface area contributed by atoms with E-state index in [2.05, 4.69) is 17.9 Å². The van der Waals surface area contributed by atoms with Crippen LogP contribution in [-0.4, -0.2) is 24.2 Å². The zero-order valence-electron chi connectivity index (χ0n) is 12.1. The Bertz CT molecular complexity index is 474. The molecule has 3 nitrogen and oxygen atoms in total. The molecular weight excluding hydrogens is 250 g/mol. The highest BCUT2D eigenvalue weighted by molar-refractivity contribution is 5.87. The van der Waals surface area contributed by atoms with Crippen LogP contribution in [0.1, 0.15) is 38.2 Å². The quantitative estimate of drug-likeness (QED) is 0.829. The normalized spacial score (nSPS) is 16.8. The number of carboxylic acid groups (broad SMARTS) is 1. The van der Waals surface area contributed by atoms with E-state index in [-0.39, 0.29) is 0 Å². The number of anilines is 1. The zero-order chi connectivity index (χ0) is 14.4. The van der Waals surface area contributed by atoms with Gasteiger partial charge in [-0.05, 0) is 36.5 Å². The van der Waals surface area contributed by atoms with E-state index in [1.807, 2.05) is 18.2 Å². The van der Waals surface area contributed by atoms with Gasteiger partial charge >= 0.3 is 5.97 Å². The summed E-state index contributed by atoms with van der Waals surface area (Å²) in [5.74, 6) is -0.0422. The van der Waals surface area contributed by atoms with Crippen LogP contribution in [0.25, 0.3) is 6.08 Å². The lowest BCUT2D eigenvalue weighted by atomic mass is 9.92. The fraction of sp³-hybridized carbons (Fsp3) is 0.471. The van der Waals surface area contributed by atoms with Crippen molar-refractivity contribution in [2.75, 3.05) is 18.0 Å². The molecule has 0 saturated carbocycles. The number of para-hydroxylation sites is 1. The first kappa shape index (κ1) is 14.6. The first-order valence-corrected chi connectivity index (χ1v) is 7.45. The molecule has 1 N–H and O–H groups in total. The van der Waals surface area contributed by atoms with Gasteiger partial charge in [0.15, 0.2) is 0 Å². The number of hydrogen-bond acceptors (Lipinski definition) is 2. The maximum atomic E-state index is 10.7. The summed E-state index contributed by atoms with van der Waals surface area (Å²) in [6.07, 6.45) is 7.98. The second-order valence-corrected chi connectivity index (χ2v) is 5.45. The molecule has 0 bridgehead atoms. The van der Waals surface area contributed by atoms with E-state index in [4.69, 9.17) is 5.11 Å². The van der Waals surface area contributed by atoms with Crippen LogP contribution in [0.3, 0.4) is 0 Å². The Kier molecular flexibility index (Phi) is 5.22. The standard InChI is InChI=1S/C17H23NO2/c1-2-5-14-10-12-18(13-11-14)16-7-4-3-6-15(16)8-9-17(19)20/h3-4,6-9,14H,2,5,10-13H2,1H3,(H,19,20). The Morgan fingerprint density at radius 2 is 2.05 bits per heavy atom. The van der Waals surface area contributed by atoms with Crippen molar-refractivity contribution >= 4 is 17.7 Å². The molecule has 0 spiro atoms. The van der Waals surface area contributed by atoms with Gasteiger partial charge in [-0.25, -0.2) is 4.79 Å². The number of carbonyl (C=O) groups is 1. The molecule has 1 heterocycles. The average Bonchev–Trinajstić information content (AvgIpc) is 2.47. The lowest BCUT2D eigenvalue weighted by molar-refractivity contribution is -0.131. The first-order chi connectivity index (χ1) is 9.70. The Labute approximate surface area is 120 Å². The Hall–Kier alpha value is -1.77. The largest absolute Gasteiger partial charge is 0.478 e. The highest BCUT2D eigenvalue weighted by Crippen LogP contribution is 2.28. The van der Waals surface area contributed by atoms with Crippen LogP contribution < -0.4 is 4.90 Å². The van der Waals surface area contributed by atoms with Crippen molar-refractivity contribution in [3.05, 3.63) is 35.9 Å². The van der Waals surface area contributed by atoms with E-state index in [0.29, 0.717) is 0 Å².